The van der Waals surface area contributed by atoms with E-state index >= 15 is 0 Å². The lowest BCUT2D eigenvalue weighted by Gasteiger charge is -2.41. The molecule has 2 aliphatic rings. The van der Waals surface area contributed by atoms with Crippen LogP contribution in [0.25, 0.3) is 0 Å². The van der Waals surface area contributed by atoms with Gasteiger partial charge in [-0.15, -0.1) is 0 Å². The van der Waals surface area contributed by atoms with E-state index in [1.54, 1.807) is 0 Å². The summed E-state index contributed by atoms with van der Waals surface area (Å²) in [5.41, 5.74) is 6.95. The average molecular weight is 242 g/mol. The molecule has 0 aromatic rings. The first kappa shape index (κ1) is 12.7. The molecule has 0 bridgehead atoms. The van der Waals surface area contributed by atoms with Crippen LogP contribution in [0, 0.1) is 5.41 Å². The molecule has 3 heteroatoms. The van der Waals surface area contributed by atoms with E-state index < -0.39 is 0 Å². The van der Waals surface area contributed by atoms with E-state index in [0.29, 0.717) is 11.0 Å². The monoisotopic (exact) mass is 242 g/mol. The number of nitrogens with zero attached hydrogens (tertiary/aromatic N) is 1. The lowest BCUT2D eigenvalue weighted by atomic mass is 9.86. The van der Waals surface area contributed by atoms with Gasteiger partial charge in [-0.3, -0.25) is 4.90 Å². The SMILES string of the molecule is CC1(C)CCC(CN)(N2CCCSCC2)C1. The molecule has 1 atom stereocenters. The summed E-state index contributed by atoms with van der Waals surface area (Å²) in [6.07, 6.45) is 5.28. The van der Waals surface area contributed by atoms with Crippen molar-refractivity contribution in [1.29, 1.82) is 0 Å². The normalized spacial score (nSPS) is 36.2. The molecule has 94 valence electrons. The minimum atomic E-state index is 0.328. The Hall–Kier alpha value is 0.270. The van der Waals surface area contributed by atoms with E-state index in [1.807, 2.05) is 0 Å². The van der Waals surface area contributed by atoms with Gasteiger partial charge in [0.15, 0.2) is 0 Å². The summed E-state index contributed by atoms with van der Waals surface area (Å²) in [6, 6.07) is 0. The van der Waals surface area contributed by atoms with Gasteiger partial charge in [-0.25, -0.2) is 0 Å². The van der Waals surface area contributed by atoms with Crippen molar-refractivity contribution in [3.05, 3.63) is 0 Å². The lowest BCUT2D eigenvalue weighted by Crippen LogP contribution is -2.53. The van der Waals surface area contributed by atoms with Crippen LogP contribution in [0.15, 0.2) is 0 Å². The van der Waals surface area contributed by atoms with Crippen LogP contribution in [-0.2, 0) is 0 Å². The van der Waals surface area contributed by atoms with Gasteiger partial charge in [0.05, 0.1) is 0 Å². The van der Waals surface area contributed by atoms with Crippen molar-refractivity contribution in [3.8, 4) is 0 Å². The van der Waals surface area contributed by atoms with Crippen LogP contribution in [0.3, 0.4) is 0 Å². The van der Waals surface area contributed by atoms with Gasteiger partial charge in [-0.05, 0) is 43.4 Å². The Balaban J connectivity index is 2.08. The smallest absolute Gasteiger partial charge is 0.0337 e. The van der Waals surface area contributed by atoms with E-state index in [-0.39, 0.29) is 0 Å². The number of nitrogens with two attached hydrogens (primary N) is 1. The third-order valence-corrected chi connectivity index (χ3v) is 5.40. The highest BCUT2D eigenvalue weighted by molar-refractivity contribution is 7.99. The molecule has 2 fully saturated rings. The molecule has 1 unspecified atom stereocenters. The molecular weight excluding hydrogens is 216 g/mol. The second kappa shape index (κ2) is 4.87. The second-order valence-electron chi connectivity index (χ2n) is 6.22. The highest BCUT2D eigenvalue weighted by Gasteiger charge is 2.45. The Labute approximate surface area is 104 Å². The van der Waals surface area contributed by atoms with E-state index in [4.69, 9.17) is 5.73 Å². The Morgan fingerprint density at radius 3 is 2.62 bits per heavy atom. The fourth-order valence-electron chi connectivity index (χ4n) is 3.43. The maximum atomic E-state index is 6.12. The Morgan fingerprint density at radius 1 is 1.19 bits per heavy atom. The molecule has 0 aromatic heterocycles. The molecule has 0 aromatic carbocycles. The third kappa shape index (κ3) is 2.57. The quantitative estimate of drug-likeness (QED) is 0.806. The van der Waals surface area contributed by atoms with Crippen LogP contribution >= 0.6 is 11.8 Å². The first-order chi connectivity index (χ1) is 7.58. The Bertz CT molecular complexity index is 234. The van der Waals surface area contributed by atoms with Gasteiger partial charge in [0.25, 0.3) is 0 Å². The summed E-state index contributed by atoms with van der Waals surface area (Å²) < 4.78 is 0. The highest BCUT2D eigenvalue weighted by atomic mass is 32.2. The first-order valence-corrected chi connectivity index (χ1v) is 7.76. The second-order valence-corrected chi connectivity index (χ2v) is 7.45. The first-order valence-electron chi connectivity index (χ1n) is 6.61. The molecule has 1 aliphatic carbocycles. The summed E-state index contributed by atoms with van der Waals surface area (Å²) >= 11 is 2.10. The third-order valence-electron chi connectivity index (χ3n) is 4.35. The van der Waals surface area contributed by atoms with Gasteiger partial charge >= 0.3 is 0 Å². The van der Waals surface area contributed by atoms with E-state index in [9.17, 15) is 0 Å². The average Bonchev–Trinajstić information content (AvgIpc) is 2.47. The molecule has 0 spiro atoms. The van der Waals surface area contributed by atoms with Crippen molar-refractivity contribution in [1.82, 2.24) is 4.90 Å². The summed E-state index contributed by atoms with van der Waals surface area (Å²) in [6.45, 7) is 8.16. The molecule has 1 saturated heterocycles. The highest BCUT2D eigenvalue weighted by Crippen LogP contribution is 2.46. The van der Waals surface area contributed by atoms with Crippen molar-refractivity contribution in [2.75, 3.05) is 31.1 Å². The minimum absolute atomic E-state index is 0.328. The number of thioether (sulfide) groups is 1. The predicted molar refractivity (Wildman–Crippen MR) is 72.9 cm³/mol. The maximum absolute atomic E-state index is 6.12. The zero-order valence-electron chi connectivity index (χ0n) is 10.8. The number of rotatable bonds is 2. The molecule has 0 radical (unpaired) electrons. The number of hydrogen-bond acceptors (Lipinski definition) is 3. The van der Waals surface area contributed by atoms with Gasteiger partial charge in [0, 0.05) is 24.4 Å². The van der Waals surface area contributed by atoms with Gasteiger partial charge < -0.3 is 5.73 Å². The van der Waals surface area contributed by atoms with Crippen molar-refractivity contribution in [2.24, 2.45) is 11.1 Å². The van der Waals surface area contributed by atoms with Crippen molar-refractivity contribution in [3.63, 3.8) is 0 Å². The molecule has 16 heavy (non-hydrogen) atoms. The maximum Gasteiger partial charge on any atom is 0.0337 e. The fraction of sp³-hybridized carbons (Fsp3) is 1.00. The van der Waals surface area contributed by atoms with E-state index in [0.717, 1.165) is 6.54 Å². The van der Waals surface area contributed by atoms with Crippen LogP contribution < -0.4 is 5.73 Å². The summed E-state index contributed by atoms with van der Waals surface area (Å²) in [7, 11) is 0. The molecule has 0 amide bonds. The summed E-state index contributed by atoms with van der Waals surface area (Å²) in [4.78, 5) is 2.71. The van der Waals surface area contributed by atoms with Gasteiger partial charge in [0.1, 0.15) is 0 Å². The molecule has 2 nitrogen and oxygen atoms in total. The Morgan fingerprint density at radius 2 is 2.00 bits per heavy atom. The zero-order valence-corrected chi connectivity index (χ0v) is 11.6. The molecule has 1 aliphatic heterocycles. The Kier molecular flexibility index (Phi) is 3.87. The summed E-state index contributed by atoms with van der Waals surface area (Å²) in [5.74, 6) is 2.63. The zero-order chi connectivity index (χ0) is 11.6. The molecule has 2 N–H and O–H groups in total. The van der Waals surface area contributed by atoms with Crippen LogP contribution in [-0.4, -0.2) is 41.6 Å². The van der Waals surface area contributed by atoms with Crippen molar-refractivity contribution in [2.45, 2.75) is 45.1 Å². The van der Waals surface area contributed by atoms with Crippen LogP contribution in [0.4, 0.5) is 0 Å². The molecule has 1 heterocycles. The van der Waals surface area contributed by atoms with Crippen LogP contribution in [0.5, 0.6) is 0 Å². The standard InChI is InChI=1S/C13H26N2S/c1-12(2)4-5-13(10-12,11-14)15-6-3-8-16-9-7-15/h3-11,14H2,1-2H3. The number of hydrogen-bond donors (Lipinski definition) is 1. The molecule has 1 saturated carbocycles. The van der Waals surface area contributed by atoms with Crippen molar-refractivity contribution >= 4 is 11.8 Å². The largest absolute Gasteiger partial charge is 0.329 e. The predicted octanol–water partition coefficient (Wildman–Crippen LogP) is 2.33. The van der Waals surface area contributed by atoms with E-state index in [1.165, 1.54) is 50.3 Å². The van der Waals surface area contributed by atoms with Gasteiger partial charge in [-0.1, -0.05) is 13.8 Å². The minimum Gasteiger partial charge on any atom is -0.329 e. The fourth-order valence-corrected chi connectivity index (χ4v) is 4.32. The van der Waals surface area contributed by atoms with Crippen LogP contribution in [0.2, 0.25) is 0 Å². The molecule has 2 rings (SSSR count). The molecular formula is C13H26N2S. The summed E-state index contributed by atoms with van der Waals surface area (Å²) in [5, 5.41) is 0. The topological polar surface area (TPSA) is 29.3 Å². The van der Waals surface area contributed by atoms with Crippen molar-refractivity contribution < 1.29 is 0 Å². The lowest BCUT2D eigenvalue weighted by molar-refractivity contribution is 0.0976. The van der Waals surface area contributed by atoms with Gasteiger partial charge in [-0.2, -0.15) is 11.8 Å². The van der Waals surface area contributed by atoms with Gasteiger partial charge in [0.2, 0.25) is 0 Å². The van der Waals surface area contributed by atoms with E-state index in [2.05, 4.69) is 30.5 Å². The van der Waals surface area contributed by atoms with Crippen LogP contribution in [0.1, 0.15) is 39.5 Å².